The van der Waals surface area contributed by atoms with E-state index in [1.807, 2.05) is 13.8 Å². The molecule has 0 spiro atoms. The van der Waals surface area contributed by atoms with Gasteiger partial charge in [0.05, 0.1) is 7.11 Å². The van der Waals surface area contributed by atoms with Gasteiger partial charge in [-0.25, -0.2) is 9.59 Å². The SMILES string of the molecule is COC(=O)[C@H](C[C@@H]1CCCCC1=O)NC(=O)[C@H](CC(C)C)NC(=O)OC(C)(C)C. The van der Waals surface area contributed by atoms with Crippen LogP contribution in [-0.2, 0) is 23.9 Å². The molecular formula is C21H36N2O6. The summed E-state index contributed by atoms with van der Waals surface area (Å²) in [6.45, 7) is 9.06. The average Bonchev–Trinajstić information content (AvgIpc) is 2.59. The summed E-state index contributed by atoms with van der Waals surface area (Å²) in [6, 6.07) is -1.80. The maximum absolute atomic E-state index is 12.9. The van der Waals surface area contributed by atoms with Crippen LogP contribution < -0.4 is 10.6 Å². The normalized spacial score (nSPS) is 19.3. The van der Waals surface area contributed by atoms with E-state index in [0.717, 1.165) is 12.8 Å². The lowest BCUT2D eigenvalue weighted by molar-refractivity contribution is -0.146. The highest BCUT2D eigenvalue weighted by molar-refractivity contribution is 5.90. The molecule has 0 aromatic heterocycles. The number of Topliss-reactive ketones (excluding diaryl/α,β-unsaturated/α-hetero) is 1. The van der Waals surface area contributed by atoms with Crippen LogP contribution in [0.15, 0.2) is 0 Å². The monoisotopic (exact) mass is 412 g/mol. The number of amides is 2. The third-order valence-electron chi connectivity index (χ3n) is 4.72. The van der Waals surface area contributed by atoms with Gasteiger partial charge in [-0.2, -0.15) is 0 Å². The maximum Gasteiger partial charge on any atom is 0.408 e. The lowest BCUT2D eigenvalue weighted by Crippen LogP contribution is -2.53. The van der Waals surface area contributed by atoms with E-state index in [-0.39, 0.29) is 24.0 Å². The first-order chi connectivity index (χ1) is 13.4. The van der Waals surface area contributed by atoms with Crippen LogP contribution >= 0.6 is 0 Å². The summed E-state index contributed by atoms with van der Waals surface area (Å²) in [5.41, 5.74) is -0.696. The first-order valence-electron chi connectivity index (χ1n) is 10.3. The minimum Gasteiger partial charge on any atom is -0.467 e. The number of carbonyl (C=O) groups is 4. The molecule has 2 N–H and O–H groups in total. The predicted octanol–water partition coefficient (Wildman–Crippen LogP) is 2.73. The van der Waals surface area contributed by atoms with E-state index in [2.05, 4.69) is 10.6 Å². The van der Waals surface area contributed by atoms with Gasteiger partial charge in [-0.15, -0.1) is 0 Å². The first-order valence-corrected chi connectivity index (χ1v) is 10.3. The Balaban J connectivity index is 2.86. The third-order valence-corrected chi connectivity index (χ3v) is 4.72. The Bertz CT molecular complexity index is 596. The molecule has 0 radical (unpaired) electrons. The number of esters is 1. The topological polar surface area (TPSA) is 111 Å². The van der Waals surface area contributed by atoms with Gasteiger partial charge >= 0.3 is 12.1 Å². The van der Waals surface area contributed by atoms with Crippen molar-refractivity contribution in [1.82, 2.24) is 10.6 Å². The number of ether oxygens (including phenoxy) is 2. The molecule has 1 aliphatic rings. The number of carbonyl (C=O) groups excluding carboxylic acids is 4. The predicted molar refractivity (Wildman–Crippen MR) is 108 cm³/mol. The quantitative estimate of drug-likeness (QED) is 0.593. The van der Waals surface area contributed by atoms with E-state index >= 15 is 0 Å². The van der Waals surface area contributed by atoms with Gasteiger partial charge in [-0.1, -0.05) is 20.3 Å². The Morgan fingerprint density at radius 3 is 2.28 bits per heavy atom. The molecule has 0 bridgehead atoms. The van der Waals surface area contributed by atoms with E-state index in [1.54, 1.807) is 20.8 Å². The number of methoxy groups -OCH3 is 1. The molecule has 0 aromatic rings. The van der Waals surface area contributed by atoms with Gasteiger partial charge in [0.15, 0.2) is 0 Å². The van der Waals surface area contributed by atoms with Gasteiger partial charge in [0.2, 0.25) is 5.91 Å². The molecule has 1 fully saturated rings. The van der Waals surface area contributed by atoms with E-state index in [4.69, 9.17) is 9.47 Å². The summed E-state index contributed by atoms with van der Waals surface area (Å²) >= 11 is 0. The molecule has 29 heavy (non-hydrogen) atoms. The van der Waals surface area contributed by atoms with Gasteiger partial charge < -0.3 is 20.1 Å². The smallest absolute Gasteiger partial charge is 0.408 e. The molecule has 1 saturated carbocycles. The highest BCUT2D eigenvalue weighted by Crippen LogP contribution is 2.25. The van der Waals surface area contributed by atoms with Crippen molar-refractivity contribution in [3.63, 3.8) is 0 Å². The van der Waals surface area contributed by atoms with Crippen molar-refractivity contribution in [1.29, 1.82) is 0 Å². The molecule has 1 aliphatic carbocycles. The Morgan fingerprint density at radius 1 is 1.10 bits per heavy atom. The standard InChI is InChI=1S/C21H36N2O6/c1-13(2)11-15(23-20(27)29-21(3,4)5)18(25)22-16(19(26)28-6)12-14-9-7-8-10-17(14)24/h13-16H,7-12H2,1-6H3,(H,22,25)(H,23,27)/t14-,15-,16-/m0/s1. The molecule has 8 heteroatoms. The first kappa shape index (κ1) is 24.9. The van der Waals surface area contributed by atoms with Crippen molar-refractivity contribution in [2.75, 3.05) is 7.11 Å². The van der Waals surface area contributed by atoms with Crippen LogP contribution in [-0.4, -0.2) is 48.5 Å². The Labute approximate surface area is 173 Å². The number of nitrogens with one attached hydrogen (secondary N) is 2. The molecule has 166 valence electrons. The molecule has 1 rings (SSSR count). The molecule has 3 atom stereocenters. The highest BCUT2D eigenvalue weighted by atomic mass is 16.6. The van der Waals surface area contributed by atoms with Crippen LogP contribution in [0, 0.1) is 11.8 Å². The Hall–Kier alpha value is -2.12. The molecule has 0 aromatic carbocycles. The van der Waals surface area contributed by atoms with Crippen molar-refractivity contribution in [3.8, 4) is 0 Å². The lowest BCUT2D eigenvalue weighted by atomic mass is 9.83. The van der Waals surface area contributed by atoms with Crippen molar-refractivity contribution >= 4 is 23.8 Å². The largest absolute Gasteiger partial charge is 0.467 e. The fourth-order valence-corrected chi connectivity index (χ4v) is 3.37. The van der Waals surface area contributed by atoms with Gasteiger partial charge in [0, 0.05) is 12.3 Å². The van der Waals surface area contributed by atoms with Crippen LogP contribution in [0.4, 0.5) is 4.79 Å². The molecule has 2 amide bonds. The van der Waals surface area contributed by atoms with Crippen molar-refractivity contribution in [3.05, 3.63) is 0 Å². The Kier molecular flexibility index (Phi) is 9.59. The minimum absolute atomic E-state index is 0.116. The second-order valence-electron chi connectivity index (χ2n) is 9.06. The highest BCUT2D eigenvalue weighted by Gasteiger charge is 2.33. The van der Waals surface area contributed by atoms with Crippen LogP contribution in [0.25, 0.3) is 0 Å². The second-order valence-corrected chi connectivity index (χ2v) is 9.06. The summed E-state index contributed by atoms with van der Waals surface area (Å²) in [6.07, 6.45) is 2.88. The van der Waals surface area contributed by atoms with Crippen molar-refractivity contribution < 1.29 is 28.7 Å². The Morgan fingerprint density at radius 2 is 1.76 bits per heavy atom. The summed E-state index contributed by atoms with van der Waals surface area (Å²) < 4.78 is 10.1. The zero-order valence-electron chi connectivity index (χ0n) is 18.5. The zero-order chi connectivity index (χ0) is 22.2. The molecule has 0 aliphatic heterocycles. The molecule has 0 heterocycles. The maximum atomic E-state index is 12.9. The van der Waals surface area contributed by atoms with Gasteiger partial charge in [-0.05, 0) is 52.4 Å². The van der Waals surface area contributed by atoms with Gasteiger partial charge in [0.1, 0.15) is 23.5 Å². The molecule has 8 nitrogen and oxygen atoms in total. The molecule has 0 saturated heterocycles. The average molecular weight is 413 g/mol. The summed E-state index contributed by atoms with van der Waals surface area (Å²) in [7, 11) is 1.24. The summed E-state index contributed by atoms with van der Waals surface area (Å²) in [5.74, 6) is -1.13. The van der Waals surface area contributed by atoms with Gasteiger partial charge in [-0.3, -0.25) is 9.59 Å². The van der Waals surface area contributed by atoms with Crippen LogP contribution in [0.1, 0.15) is 73.1 Å². The fraction of sp³-hybridized carbons (Fsp3) is 0.810. The fourth-order valence-electron chi connectivity index (χ4n) is 3.37. The molecule has 0 unspecified atom stereocenters. The third kappa shape index (κ3) is 9.28. The van der Waals surface area contributed by atoms with Crippen molar-refractivity contribution in [2.45, 2.75) is 90.8 Å². The summed E-state index contributed by atoms with van der Waals surface area (Å²) in [5, 5.41) is 5.26. The second kappa shape index (κ2) is 11.2. The summed E-state index contributed by atoms with van der Waals surface area (Å²) in [4.78, 5) is 49.4. The van der Waals surface area contributed by atoms with Crippen LogP contribution in [0.3, 0.4) is 0 Å². The number of rotatable bonds is 8. The van der Waals surface area contributed by atoms with Gasteiger partial charge in [0.25, 0.3) is 0 Å². The van der Waals surface area contributed by atoms with Crippen molar-refractivity contribution in [2.24, 2.45) is 11.8 Å². The molecular weight excluding hydrogens is 376 g/mol. The number of hydrogen-bond donors (Lipinski definition) is 2. The lowest BCUT2D eigenvalue weighted by Gasteiger charge is -2.27. The van der Waals surface area contributed by atoms with Crippen LogP contribution in [0.5, 0.6) is 0 Å². The minimum atomic E-state index is -0.936. The number of hydrogen-bond acceptors (Lipinski definition) is 6. The van der Waals surface area contributed by atoms with E-state index < -0.39 is 35.7 Å². The number of alkyl carbamates (subject to hydrolysis) is 1. The van der Waals surface area contributed by atoms with E-state index in [1.165, 1.54) is 7.11 Å². The van der Waals surface area contributed by atoms with E-state index in [0.29, 0.717) is 19.3 Å². The van der Waals surface area contributed by atoms with E-state index in [9.17, 15) is 19.2 Å². The van der Waals surface area contributed by atoms with Crippen LogP contribution in [0.2, 0.25) is 0 Å². The zero-order valence-corrected chi connectivity index (χ0v) is 18.5. The number of ketones is 1.